The minimum atomic E-state index is -1.02. The number of amides is 2. The number of carboxylic acid groups (broad SMARTS) is 1. The molecule has 0 heterocycles. The molecule has 15 heavy (non-hydrogen) atoms. The summed E-state index contributed by atoms with van der Waals surface area (Å²) in [4.78, 5) is 35.3. The van der Waals surface area contributed by atoms with E-state index in [0.29, 0.717) is 0 Å². The molecule has 0 fully saturated rings. The van der Waals surface area contributed by atoms with Gasteiger partial charge in [0.2, 0.25) is 11.8 Å². The SMILES string of the molecule is CN(C)C(=O)CN(C)C(=O)CCC(=O)O. The number of aliphatic carboxylic acids is 1. The van der Waals surface area contributed by atoms with Crippen molar-refractivity contribution in [2.75, 3.05) is 27.7 Å². The van der Waals surface area contributed by atoms with Crippen LogP contribution in [0.15, 0.2) is 0 Å². The van der Waals surface area contributed by atoms with E-state index in [-0.39, 0.29) is 31.2 Å². The van der Waals surface area contributed by atoms with Crippen LogP contribution in [0.1, 0.15) is 12.8 Å². The minimum absolute atomic E-state index is 0.0224. The average molecular weight is 216 g/mol. The van der Waals surface area contributed by atoms with Crippen LogP contribution in [0.2, 0.25) is 0 Å². The minimum Gasteiger partial charge on any atom is -0.481 e. The largest absolute Gasteiger partial charge is 0.481 e. The van der Waals surface area contributed by atoms with Crippen LogP contribution in [0, 0.1) is 0 Å². The van der Waals surface area contributed by atoms with Gasteiger partial charge in [0.15, 0.2) is 0 Å². The number of carboxylic acids is 1. The number of nitrogens with zero attached hydrogens (tertiary/aromatic N) is 2. The molecule has 0 aliphatic heterocycles. The maximum absolute atomic E-state index is 11.3. The van der Waals surface area contributed by atoms with Crippen LogP contribution < -0.4 is 0 Å². The predicted octanol–water partition coefficient (Wildman–Crippen LogP) is -0.602. The lowest BCUT2D eigenvalue weighted by atomic mass is 10.3. The van der Waals surface area contributed by atoms with Crippen molar-refractivity contribution in [3.63, 3.8) is 0 Å². The van der Waals surface area contributed by atoms with Crippen molar-refractivity contribution in [3.8, 4) is 0 Å². The molecule has 0 aliphatic rings. The first-order valence-electron chi connectivity index (χ1n) is 4.50. The highest BCUT2D eigenvalue weighted by Crippen LogP contribution is 1.96. The lowest BCUT2D eigenvalue weighted by Gasteiger charge is -2.18. The summed E-state index contributed by atoms with van der Waals surface area (Å²) in [5, 5.41) is 8.37. The molecule has 6 heteroatoms. The Morgan fingerprint density at radius 2 is 1.53 bits per heavy atom. The number of hydrogen-bond acceptors (Lipinski definition) is 3. The van der Waals surface area contributed by atoms with Gasteiger partial charge in [-0.05, 0) is 0 Å². The van der Waals surface area contributed by atoms with Gasteiger partial charge in [-0.15, -0.1) is 0 Å². The Morgan fingerprint density at radius 1 is 1.00 bits per heavy atom. The van der Waals surface area contributed by atoms with E-state index in [2.05, 4.69) is 0 Å². The smallest absolute Gasteiger partial charge is 0.303 e. The van der Waals surface area contributed by atoms with Crippen molar-refractivity contribution in [2.45, 2.75) is 12.8 Å². The second kappa shape index (κ2) is 6.00. The van der Waals surface area contributed by atoms with Crippen LogP contribution in [-0.2, 0) is 14.4 Å². The molecule has 2 amide bonds. The normalized spacial score (nSPS) is 9.53. The standard InChI is InChI=1S/C9H16N2O4/c1-10(2)8(13)6-11(3)7(12)4-5-9(14)15/h4-6H2,1-3H3,(H,14,15). The second-order valence-corrected chi connectivity index (χ2v) is 3.43. The third-order valence-electron chi connectivity index (χ3n) is 1.85. The predicted molar refractivity (Wildman–Crippen MR) is 53.2 cm³/mol. The Hall–Kier alpha value is -1.59. The zero-order valence-corrected chi connectivity index (χ0v) is 9.19. The van der Waals surface area contributed by atoms with E-state index in [1.54, 1.807) is 14.1 Å². The molecule has 0 spiro atoms. The fourth-order valence-electron chi connectivity index (χ4n) is 0.837. The van der Waals surface area contributed by atoms with Crippen LogP contribution in [0.25, 0.3) is 0 Å². The Labute approximate surface area is 88.5 Å². The average Bonchev–Trinajstić information content (AvgIpc) is 2.13. The maximum atomic E-state index is 11.3. The molecule has 0 aromatic carbocycles. The molecule has 0 aromatic heterocycles. The molecule has 6 nitrogen and oxygen atoms in total. The van der Waals surface area contributed by atoms with Gasteiger partial charge in [-0.25, -0.2) is 0 Å². The summed E-state index contributed by atoms with van der Waals surface area (Å²) in [5.41, 5.74) is 0. The summed E-state index contributed by atoms with van der Waals surface area (Å²) in [6.07, 6.45) is -0.286. The number of hydrogen-bond donors (Lipinski definition) is 1. The zero-order chi connectivity index (χ0) is 12.0. The highest BCUT2D eigenvalue weighted by Gasteiger charge is 2.14. The number of likely N-dealkylation sites (N-methyl/N-ethyl adjacent to an activating group) is 2. The molecule has 0 radical (unpaired) electrons. The first-order valence-corrected chi connectivity index (χ1v) is 4.50. The van der Waals surface area contributed by atoms with Crippen LogP contribution in [0.4, 0.5) is 0 Å². The molecule has 0 saturated carbocycles. The van der Waals surface area contributed by atoms with Gasteiger partial charge < -0.3 is 14.9 Å². The topological polar surface area (TPSA) is 77.9 Å². The summed E-state index contributed by atoms with van der Waals surface area (Å²) in [7, 11) is 4.67. The summed E-state index contributed by atoms with van der Waals surface area (Å²) >= 11 is 0. The zero-order valence-electron chi connectivity index (χ0n) is 9.19. The van der Waals surface area contributed by atoms with Gasteiger partial charge >= 0.3 is 5.97 Å². The molecule has 1 N–H and O–H groups in total. The molecule has 0 aliphatic carbocycles. The third-order valence-corrected chi connectivity index (χ3v) is 1.85. The number of carbonyl (C=O) groups is 3. The lowest BCUT2D eigenvalue weighted by molar-refractivity contribution is -0.141. The van der Waals surface area contributed by atoms with E-state index in [9.17, 15) is 14.4 Å². The van der Waals surface area contributed by atoms with Crippen molar-refractivity contribution in [1.82, 2.24) is 9.80 Å². The lowest BCUT2D eigenvalue weighted by Crippen LogP contribution is -2.37. The Balaban J connectivity index is 3.99. The van der Waals surface area contributed by atoms with Crippen molar-refractivity contribution < 1.29 is 19.5 Å². The van der Waals surface area contributed by atoms with Gasteiger partial charge in [0.25, 0.3) is 0 Å². The summed E-state index contributed by atoms with van der Waals surface area (Å²) in [6, 6.07) is 0. The third kappa shape index (κ3) is 5.66. The van der Waals surface area contributed by atoms with Gasteiger partial charge in [0.05, 0.1) is 13.0 Å². The molecular formula is C9H16N2O4. The van der Waals surface area contributed by atoms with E-state index in [0.717, 1.165) is 0 Å². The molecule has 86 valence electrons. The van der Waals surface area contributed by atoms with Crippen molar-refractivity contribution in [1.29, 1.82) is 0 Å². The first-order chi connectivity index (χ1) is 6.84. The van der Waals surface area contributed by atoms with Crippen molar-refractivity contribution >= 4 is 17.8 Å². The highest BCUT2D eigenvalue weighted by molar-refractivity contribution is 5.85. The van der Waals surface area contributed by atoms with Crippen LogP contribution in [-0.4, -0.2) is 60.4 Å². The molecule has 0 bridgehead atoms. The highest BCUT2D eigenvalue weighted by atomic mass is 16.4. The van der Waals surface area contributed by atoms with E-state index < -0.39 is 5.97 Å². The summed E-state index contributed by atoms with van der Waals surface area (Å²) in [5.74, 6) is -1.55. The Bertz CT molecular complexity index is 263. The van der Waals surface area contributed by atoms with E-state index in [1.807, 2.05) is 0 Å². The monoisotopic (exact) mass is 216 g/mol. The van der Waals surface area contributed by atoms with Crippen molar-refractivity contribution in [3.05, 3.63) is 0 Å². The van der Waals surface area contributed by atoms with Gasteiger partial charge in [-0.1, -0.05) is 0 Å². The molecule has 0 saturated heterocycles. The fraction of sp³-hybridized carbons (Fsp3) is 0.667. The molecule has 0 unspecified atom stereocenters. The first kappa shape index (κ1) is 13.4. The van der Waals surface area contributed by atoms with Crippen molar-refractivity contribution in [2.24, 2.45) is 0 Å². The summed E-state index contributed by atoms with van der Waals surface area (Å²) in [6.45, 7) is -0.0224. The van der Waals surface area contributed by atoms with Crippen LogP contribution >= 0.6 is 0 Å². The number of carbonyl (C=O) groups excluding carboxylic acids is 2. The second-order valence-electron chi connectivity index (χ2n) is 3.43. The molecular weight excluding hydrogens is 200 g/mol. The number of rotatable bonds is 5. The fourth-order valence-corrected chi connectivity index (χ4v) is 0.837. The molecule has 0 rings (SSSR count). The van der Waals surface area contributed by atoms with Gasteiger partial charge in [-0.3, -0.25) is 14.4 Å². The molecule has 0 atom stereocenters. The Morgan fingerprint density at radius 3 is 1.93 bits per heavy atom. The van der Waals surface area contributed by atoms with E-state index in [4.69, 9.17) is 5.11 Å². The Kier molecular flexibility index (Phi) is 5.36. The van der Waals surface area contributed by atoms with E-state index >= 15 is 0 Å². The van der Waals surface area contributed by atoms with Gasteiger partial charge in [0, 0.05) is 27.6 Å². The maximum Gasteiger partial charge on any atom is 0.303 e. The summed E-state index contributed by atoms with van der Waals surface area (Å²) < 4.78 is 0. The van der Waals surface area contributed by atoms with Crippen LogP contribution in [0.3, 0.4) is 0 Å². The molecule has 0 aromatic rings. The van der Waals surface area contributed by atoms with Gasteiger partial charge in [0.1, 0.15) is 0 Å². The van der Waals surface area contributed by atoms with Crippen LogP contribution in [0.5, 0.6) is 0 Å². The van der Waals surface area contributed by atoms with E-state index in [1.165, 1.54) is 16.8 Å². The van der Waals surface area contributed by atoms with Gasteiger partial charge in [-0.2, -0.15) is 0 Å². The quantitative estimate of drug-likeness (QED) is 0.665.